The summed E-state index contributed by atoms with van der Waals surface area (Å²) in [5, 5.41) is 15.4. The zero-order valence-corrected chi connectivity index (χ0v) is 26.1. The molecule has 0 aromatic heterocycles. The lowest BCUT2D eigenvalue weighted by molar-refractivity contribution is -0.178. The van der Waals surface area contributed by atoms with Crippen molar-refractivity contribution in [3.05, 3.63) is 23.3 Å². The first-order valence-electron chi connectivity index (χ1n) is 15.4. The molecule has 5 aliphatic carbocycles. The number of carbonyl (C=O) groups is 4. The van der Waals surface area contributed by atoms with E-state index in [9.17, 15) is 24.4 Å². The molecule has 5 rings (SSSR count). The van der Waals surface area contributed by atoms with E-state index in [1.165, 1.54) is 0 Å². The summed E-state index contributed by atoms with van der Waals surface area (Å²) in [4.78, 5) is 53.8. The Kier molecular flexibility index (Phi) is 6.62. The highest BCUT2D eigenvalue weighted by atomic mass is 16.2. The van der Waals surface area contributed by atoms with Crippen molar-refractivity contribution in [1.82, 2.24) is 10.6 Å². The summed E-state index contributed by atoms with van der Waals surface area (Å²) in [6.07, 6.45) is 9.25. The lowest BCUT2D eigenvalue weighted by Crippen LogP contribution is -2.66. The summed E-state index contributed by atoms with van der Waals surface area (Å²) in [5.74, 6) is -0.799. The number of carbonyl (C=O) groups excluding carboxylic acids is 4. The molecule has 3 fully saturated rings. The van der Waals surface area contributed by atoms with Gasteiger partial charge in [-0.1, -0.05) is 60.1 Å². The molecule has 0 spiro atoms. The maximum absolute atomic E-state index is 14.5. The van der Waals surface area contributed by atoms with Gasteiger partial charge in [0.15, 0.2) is 11.6 Å². The number of allylic oxidation sites excluding steroid dienone is 4. The number of nitrogens with zero attached hydrogens (tertiary/aromatic N) is 1. The summed E-state index contributed by atoms with van der Waals surface area (Å²) in [5.41, 5.74) is -1.40. The molecule has 3 saturated carbocycles. The van der Waals surface area contributed by atoms with E-state index in [2.05, 4.69) is 51.3 Å². The van der Waals surface area contributed by atoms with Gasteiger partial charge in [-0.05, 0) is 79.1 Å². The van der Waals surface area contributed by atoms with Gasteiger partial charge in [0.25, 0.3) is 0 Å². The van der Waals surface area contributed by atoms with Gasteiger partial charge in [-0.25, -0.2) is 0 Å². The van der Waals surface area contributed by atoms with Crippen molar-refractivity contribution in [2.75, 3.05) is 13.6 Å². The Morgan fingerprint density at radius 3 is 2.29 bits per heavy atom. The summed E-state index contributed by atoms with van der Waals surface area (Å²) in [7, 11) is 1.56. The number of rotatable bonds is 3. The minimum Gasteiger partial charge on any atom is -0.358 e. The lowest BCUT2D eigenvalue weighted by atomic mass is 9.34. The monoisotopic (exact) mass is 561 g/mol. The quantitative estimate of drug-likeness (QED) is 0.499. The summed E-state index contributed by atoms with van der Waals surface area (Å²) >= 11 is 0. The molecule has 2 unspecified atom stereocenters. The van der Waals surface area contributed by atoms with Crippen molar-refractivity contribution in [3.8, 4) is 6.07 Å². The molecule has 7 nitrogen and oxygen atoms in total. The second-order valence-electron chi connectivity index (χ2n) is 15.8. The first-order valence-corrected chi connectivity index (χ1v) is 15.4. The third-order valence-electron chi connectivity index (χ3n) is 13.0. The molecule has 222 valence electrons. The zero-order valence-electron chi connectivity index (χ0n) is 26.1. The molecule has 5 aliphatic rings. The number of hydrogen-bond donors (Lipinski definition) is 2. The van der Waals surface area contributed by atoms with Crippen LogP contribution >= 0.6 is 0 Å². The maximum atomic E-state index is 14.5. The lowest BCUT2D eigenvalue weighted by Gasteiger charge is -2.69. The summed E-state index contributed by atoms with van der Waals surface area (Å²) in [6.45, 7) is 15.0. The number of Topliss-reactive ketones (excluding diaryl/α,β-unsaturated/α-hetero) is 1. The molecule has 7 heteroatoms. The molecule has 0 aromatic rings. The van der Waals surface area contributed by atoms with Gasteiger partial charge < -0.3 is 10.6 Å². The molecule has 7 atom stereocenters. The number of fused-ring (bicyclic) bond motifs is 7. The van der Waals surface area contributed by atoms with E-state index in [-0.39, 0.29) is 69.5 Å². The van der Waals surface area contributed by atoms with Crippen LogP contribution in [0.15, 0.2) is 23.3 Å². The van der Waals surface area contributed by atoms with Crippen LogP contribution in [0.3, 0.4) is 0 Å². The van der Waals surface area contributed by atoms with Crippen molar-refractivity contribution in [2.24, 2.45) is 50.2 Å². The SMILES string of the molecule is CNC(=O)CNC(=O)[C@]12CCC(C)(C)CC1C1C(=O)C=C3[C@@]4(C)C=C(C#N)C(=O)C(C)(C)[C@@H]4CC[C@@]3(C)[C@]1(C)CC2. The topological polar surface area (TPSA) is 116 Å². The Morgan fingerprint density at radius 2 is 1.66 bits per heavy atom. The van der Waals surface area contributed by atoms with Crippen molar-refractivity contribution in [2.45, 2.75) is 93.4 Å². The fraction of sp³-hybridized carbons (Fsp3) is 0.735. The van der Waals surface area contributed by atoms with Gasteiger partial charge in [0.1, 0.15) is 6.07 Å². The summed E-state index contributed by atoms with van der Waals surface area (Å²) < 4.78 is 0. The van der Waals surface area contributed by atoms with Crippen molar-refractivity contribution >= 4 is 23.4 Å². The molecule has 0 saturated heterocycles. The van der Waals surface area contributed by atoms with Gasteiger partial charge >= 0.3 is 0 Å². The molecule has 2 N–H and O–H groups in total. The van der Waals surface area contributed by atoms with Crippen LogP contribution in [-0.2, 0) is 19.2 Å². The predicted octanol–water partition coefficient (Wildman–Crippen LogP) is 5.07. The summed E-state index contributed by atoms with van der Waals surface area (Å²) in [6, 6.07) is 2.17. The van der Waals surface area contributed by atoms with E-state index in [0.717, 1.165) is 37.7 Å². The van der Waals surface area contributed by atoms with E-state index in [1.807, 2.05) is 26.0 Å². The highest BCUT2D eigenvalue weighted by Crippen LogP contribution is 2.74. The first kappa shape index (κ1) is 29.7. The highest BCUT2D eigenvalue weighted by molar-refractivity contribution is 6.04. The Hall–Kier alpha value is -2.75. The predicted molar refractivity (Wildman–Crippen MR) is 156 cm³/mol. The number of nitriles is 1. The second-order valence-corrected chi connectivity index (χ2v) is 15.8. The van der Waals surface area contributed by atoms with E-state index in [1.54, 1.807) is 7.05 Å². The fourth-order valence-corrected chi connectivity index (χ4v) is 10.5. The van der Waals surface area contributed by atoms with E-state index in [0.29, 0.717) is 12.8 Å². The molecule has 41 heavy (non-hydrogen) atoms. The Morgan fingerprint density at radius 1 is 1.00 bits per heavy atom. The van der Waals surface area contributed by atoms with Gasteiger partial charge in [0.05, 0.1) is 17.5 Å². The van der Waals surface area contributed by atoms with Gasteiger partial charge in [-0.15, -0.1) is 0 Å². The van der Waals surface area contributed by atoms with Crippen molar-refractivity contribution in [3.63, 3.8) is 0 Å². The second kappa shape index (κ2) is 9.12. The highest BCUT2D eigenvalue weighted by Gasteiger charge is 2.70. The third-order valence-corrected chi connectivity index (χ3v) is 13.0. The average Bonchev–Trinajstić information content (AvgIpc) is 2.90. The van der Waals surface area contributed by atoms with Crippen LogP contribution in [-0.4, -0.2) is 37.0 Å². The molecule has 0 aliphatic heterocycles. The van der Waals surface area contributed by atoms with Crippen LogP contribution in [0.25, 0.3) is 0 Å². The minimum atomic E-state index is -0.699. The fourth-order valence-electron chi connectivity index (χ4n) is 10.5. The smallest absolute Gasteiger partial charge is 0.239 e. The van der Waals surface area contributed by atoms with Crippen LogP contribution in [0.4, 0.5) is 0 Å². The number of hydrogen-bond acceptors (Lipinski definition) is 5. The van der Waals surface area contributed by atoms with Gasteiger partial charge in [-0.3, -0.25) is 19.2 Å². The van der Waals surface area contributed by atoms with Crippen molar-refractivity contribution < 1.29 is 19.2 Å². The van der Waals surface area contributed by atoms with Crippen LogP contribution < -0.4 is 10.6 Å². The van der Waals surface area contributed by atoms with Gasteiger partial charge in [-0.2, -0.15) is 5.26 Å². The number of nitrogens with one attached hydrogen (secondary N) is 2. The van der Waals surface area contributed by atoms with E-state index < -0.39 is 16.2 Å². The number of amides is 2. The number of ketones is 2. The van der Waals surface area contributed by atoms with E-state index >= 15 is 0 Å². The molecule has 0 bridgehead atoms. The van der Waals surface area contributed by atoms with Crippen LogP contribution in [0, 0.1) is 61.6 Å². The molecular weight excluding hydrogens is 514 g/mol. The number of likely N-dealkylation sites (N-methyl/N-ethyl adjacent to an activating group) is 1. The van der Waals surface area contributed by atoms with Crippen LogP contribution in [0.2, 0.25) is 0 Å². The Balaban J connectivity index is 1.64. The molecule has 2 amide bonds. The minimum absolute atomic E-state index is 0.000492. The van der Waals surface area contributed by atoms with Crippen LogP contribution in [0.5, 0.6) is 0 Å². The average molecular weight is 562 g/mol. The standard InChI is InChI=1S/C34H47N3O4/c1-29(2)11-13-34(28(41)37-19-25(39)36-8)14-12-33(7)26(21(34)17-29)22(38)15-24-31(5)16-20(18-35)27(40)30(3,4)23(31)9-10-32(24,33)6/h15-16,21,23,26H,9-14,17,19H2,1-8H3,(H,36,39)(H,37,41)/t21?,23-,26?,31-,32+,33+,34-/m0/s1. The zero-order chi connectivity index (χ0) is 30.4. The van der Waals surface area contributed by atoms with Gasteiger partial charge in [0, 0.05) is 23.8 Å². The van der Waals surface area contributed by atoms with Crippen molar-refractivity contribution in [1.29, 1.82) is 5.26 Å². The molecule has 0 aromatic carbocycles. The maximum Gasteiger partial charge on any atom is 0.239 e. The first-order chi connectivity index (χ1) is 18.9. The molecular formula is C34H47N3O4. The van der Waals surface area contributed by atoms with Crippen LogP contribution in [0.1, 0.15) is 93.4 Å². The Labute approximate surface area is 245 Å². The molecule has 0 radical (unpaired) electrons. The largest absolute Gasteiger partial charge is 0.358 e. The van der Waals surface area contributed by atoms with E-state index in [4.69, 9.17) is 0 Å². The van der Waals surface area contributed by atoms with Gasteiger partial charge in [0.2, 0.25) is 11.8 Å². The Bertz CT molecular complexity index is 1330. The normalized spacial score (nSPS) is 42.2. The molecule has 0 heterocycles. The third kappa shape index (κ3) is 3.88.